The lowest BCUT2D eigenvalue weighted by molar-refractivity contribution is 0.612. The maximum Gasteiger partial charge on any atom is 0.124 e. The second kappa shape index (κ2) is 14.5. The van der Waals surface area contributed by atoms with E-state index < -0.39 is 0 Å². The number of imidazole rings is 2. The van der Waals surface area contributed by atoms with Gasteiger partial charge in [-0.3, -0.25) is 0 Å². The van der Waals surface area contributed by atoms with E-state index in [1.165, 1.54) is 18.2 Å². The second-order valence-electron chi connectivity index (χ2n) is 8.87. The van der Waals surface area contributed by atoms with Crippen molar-refractivity contribution in [3.8, 4) is 34.9 Å². The number of aromatic nitrogens is 4. The van der Waals surface area contributed by atoms with Crippen molar-refractivity contribution in [2.24, 2.45) is 0 Å². The van der Waals surface area contributed by atoms with Gasteiger partial charge in [0.05, 0.1) is 30.2 Å². The van der Waals surface area contributed by atoms with Crippen LogP contribution in [-0.4, -0.2) is 33.0 Å². The highest BCUT2D eigenvalue weighted by atomic mass is 35.5. The van der Waals surface area contributed by atoms with Gasteiger partial charge in [-0.25, -0.2) is 9.97 Å². The lowest BCUT2D eigenvalue weighted by Crippen LogP contribution is -2.14. The Morgan fingerprint density at radius 2 is 1.37 bits per heavy atom. The molecule has 0 radical (unpaired) electrons. The zero-order valence-corrected chi connectivity index (χ0v) is 23.8. The number of rotatable bonds is 3. The molecule has 2 aromatic heterocycles. The number of nitrogens with one attached hydrogen (secondary N) is 4. The molecule has 0 bridgehead atoms. The summed E-state index contributed by atoms with van der Waals surface area (Å²) in [7, 11) is 0. The first-order chi connectivity index (χ1) is 16.8. The van der Waals surface area contributed by atoms with Gasteiger partial charge in [-0.2, -0.15) is 0 Å². The molecule has 10 heteroatoms. The summed E-state index contributed by atoms with van der Waals surface area (Å²) in [4.78, 5) is 16.0. The van der Waals surface area contributed by atoms with Crippen LogP contribution in [0.2, 0.25) is 0 Å². The molecule has 2 saturated heterocycles. The Morgan fingerprint density at radius 3 is 2.08 bits per heavy atom. The number of hydrogen-bond donors (Lipinski definition) is 4. The summed E-state index contributed by atoms with van der Waals surface area (Å²) >= 11 is 0. The summed E-state index contributed by atoms with van der Waals surface area (Å²) < 4.78 is 0. The van der Waals surface area contributed by atoms with Gasteiger partial charge in [0, 0.05) is 11.1 Å². The number of benzene rings is 2. The first-order valence-corrected chi connectivity index (χ1v) is 12.0. The molecule has 4 N–H and O–H groups in total. The number of aromatic amines is 2. The highest BCUT2D eigenvalue weighted by Crippen LogP contribution is 2.32. The van der Waals surface area contributed by atoms with Crippen LogP contribution < -0.4 is 10.6 Å². The van der Waals surface area contributed by atoms with Crippen molar-refractivity contribution in [3.05, 3.63) is 71.7 Å². The average Bonchev–Trinajstić information content (AvgIpc) is 3.68. The molecule has 6 nitrogen and oxygen atoms in total. The van der Waals surface area contributed by atoms with E-state index in [0.717, 1.165) is 65.5 Å². The van der Waals surface area contributed by atoms with E-state index in [4.69, 9.17) is 0 Å². The van der Waals surface area contributed by atoms with Crippen molar-refractivity contribution in [2.45, 2.75) is 37.8 Å². The van der Waals surface area contributed by atoms with Crippen molar-refractivity contribution in [1.82, 2.24) is 30.6 Å². The third kappa shape index (κ3) is 6.65. The van der Waals surface area contributed by atoms with Crippen LogP contribution in [0.5, 0.6) is 0 Å². The molecule has 2 fully saturated rings. The van der Waals surface area contributed by atoms with E-state index in [9.17, 15) is 0 Å². The lowest BCUT2D eigenvalue weighted by Gasteiger charge is -2.09. The zero-order chi connectivity index (χ0) is 22.7. The van der Waals surface area contributed by atoms with Gasteiger partial charge >= 0.3 is 0 Å². The van der Waals surface area contributed by atoms with Crippen LogP contribution in [0.15, 0.2) is 48.8 Å². The standard InChI is InChI=1S/C28H26N6.4ClH/c1(3-9-21-17-31-27(33-21)23-11-5-15-29-23)8-20-14-13-19-7-2-4-10-22(19)26(20)25-18-32-28(34-25)24-12-6-16-30-24;;;;/h2,4,7,10,13-14,17-18,23-24,29-30H,5-6,11-12,15-16H2,(H,31,33)(H,32,34);4*1H/t23-,24-;;;;/m0..../s1. The van der Waals surface area contributed by atoms with Crippen molar-refractivity contribution < 1.29 is 0 Å². The Balaban J connectivity index is 0.00000127. The van der Waals surface area contributed by atoms with E-state index in [0.29, 0.717) is 12.1 Å². The number of halogens is 4. The number of nitrogens with zero attached hydrogens (tertiary/aromatic N) is 2. The summed E-state index contributed by atoms with van der Waals surface area (Å²) in [5.74, 6) is 14.4. The Hall–Kier alpha value is -2.68. The first kappa shape index (κ1) is 31.5. The summed E-state index contributed by atoms with van der Waals surface area (Å²) in [5.41, 5.74) is 3.78. The van der Waals surface area contributed by atoms with Gasteiger partial charge in [0.2, 0.25) is 0 Å². The van der Waals surface area contributed by atoms with Crippen LogP contribution in [0.3, 0.4) is 0 Å². The second-order valence-corrected chi connectivity index (χ2v) is 8.87. The Labute approximate surface area is 247 Å². The summed E-state index contributed by atoms with van der Waals surface area (Å²) in [6.45, 7) is 2.08. The van der Waals surface area contributed by atoms with Crippen LogP contribution in [-0.2, 0) is 0 Å². The fourth-order valence-corrected chi connectivity index (χ4v) is 4.92. The third-order valence-electron chi connectivity index (χ3n) is 6.63. The molecule has 4 heterocycles. The fraction of sp³-hybridized carbons (Fsp3) is 0.286. The Morgan fingerprint density at radius 1 is 0.711 bits per heavy atom. The van der Waals surface area contributed by atoms with Crippen molar-refractivity contribution in [3.63, 3.8) is 0 Å². The SMILES string of the molecule is C(C#Cc1ccc2ccccc2c1-c1cnc([C@@H]2CCCN2)[nH]1)#Cc1cnc([C@@H]2CCCN2)[nH]1.Cl.Cl.Cl.Cl. The van der Waals surface area contributed by atoms with Gasteiger partial charge in [-0.05, 0) is 73.4 Å². The molecule has 2 aliphatic rings. The highest BCUT2D eigenvalue weighted by molar-refractivity contribution is 5.98. The maximum absolute atomic E-state index is 4.68. The number of hydrogen-bond acceptors (Lipinski definition) is 4. The first-order valence-electron chi connectivity index (χ1n) is 12.0. The fourth-order valence-electron chi connectivity index (χ4n) is 4.92. The smallest absolute Gasteiger partial charge is 0.124 e. The van der Waals surface area contributed by atoms with Crippen molar-refractivity contribution >= 4 is 60.4 Å². The molecule has 0 saturated carbocycles. The molecule has 2 atom stereocenters. The molecule has 2 aromatic carbocycles. The molecule has 0 spiro atoms. The highest BCUT2D eigenvalue weighted by Gasteiger charge is 2.21. The van der Waals surface area contributed by atoms with Crippen LogP contribution >= 0.6 is 49.6 Å². The van der Waals surface area contributed by atoms with E-state index >= 15 is 0 Å². The molecule has 6 rings (SSSR count). The number of fused-ring (bicyclic) bond motifs is 1. The molecule has 200 valence electrons. The molecular weight excluding hydrogens is 562 g/mol. The predicted octanol–water partition coefficient (Wildman–Crippen LogP) is 5.89. The van der Waals surface area contributed by atoms with Crippen molar-refractivity contribution in [2.75, 3.05) is 13.1 Å². The van der Waals surface area contributed by atoms with Gasteiger partial charge in [0.1, 0.15) is 17.3 Å². The van der Waals surface area contributed by atoms with Crippen LogP contribution in [0.25, 0.3) is 22.0 Å². The maximum atomic E-state index is 4.68. The predicted molar refractivity (Wildman–Crippen MR) is 163 cm³/mol. The summed E-state index contributed by atoms with van der Waals surface area (Å²) in [5, 5.41) is 9.29. The van der Waals surface area contributed by atoms with Crippen LogP contribution in [0.1, 0.15) is 60.7 Å². The largest absolute Gasteiger partial charge is 0.341 e. The molecule has 0 amide bonds. The summed E-state index contributed by atoms with van der Waals surface area (Å²) in [6, 6.07) is 13.2. The minimum absolute atomic E-state index is 0. The Kier molecular flexibility index (Phi) is 12.0. The van der Waals surface area contributed by atoms with E-state index in [-0.39, 0.29) is 49.6 Å². The minimum Gasteiger partial charge on any atom is -0.341 e. The van der Waals surface area contributed by atoms with Gasteiger partial charge in [0.25, 0.3) is 0 Å². The third-order valence-corrected chi connectivity index (χ3v) is 6.63. The minimum atomic E-state index is 0. The molecule has 38 heavy (non-hydrogen) atoms. The average molecular weight is 592 g/mol. The van der Waals surface area contributed by atoms with Gasteiger partial charge in [0.15, 0.2) is 0 Å². The van der Waals surface area contributed by atoms with E-state index in [1.54, 1.807) is 6.20 Å². The van der Waals surface area contributed by atoms with Crippen molar-refractivity contribution in [1.29, 1.82) is 0 Å². The molecule has 0 unspecified atom stereocenters. The molecule has 0 aliphatic carbocycles. The number of H-pyrrole nitrogens is 2. The normalized spacial score (nSPS) is 17.5. The zero-order valence-electron chi connectivity index (χ0n) is 20.5. The summed E-state index contributed by atoms with van der Waals surface area (Å²) in [6.07, 6.45) is 8.29. The Bertz CT molecular complexity index is 1460. The van der Waals surface area contributed by atoms with Crippen LogP contribution in [0.4, 0.5) is 0 Å². The van der Waals surface area contributed by atoms with Gasteiger partial charge < -0.3 is 20.6 Å². The van der Waals surface area contributed by atoms with Gasteiger partial charge in [-0.15, -0.1) is 49.6 Å². The van der Waals surface area contributed by atoms with Crippen LogP contribution in [0, 0.1) is 23.7 Å². The topological polar surface area (TPSA) is 81.4 Å². The van der Waals surface area contributed by atoms with E-state index in [2.05, 4.69) is 90.6 Å². The van der Waals surface area contributed by atoms with E-state index in [1.807, 2.05) is 6.20 Å². The lowest BCUT2D eigenvalue weighted by atomic mass is 9.97. The quantitative estimate of drug-likeness (QED) is 0.224. The molecule has 2 aliphatic heterocycles. The monoisotopic (exact) mass is 590 g/mol. The molecule has 4 aromatic rings. The van der Waals surface area contributed by atoms with Gasteiger partial charge in [-0.1, -0.05) is 36.3 Å². The molecular formula is C28H30Cl4N6.